The average molecular weight is 548 g/mol. The third-order valence-corrected chi connectivity index (χ3v) is 7.98. The number of carbonyl (C=O) groups is 1. The maximum Gasteiger partial charge on any atom is 0.352 e. The standard InChI is InChI=1S/C27H38ClN5O5/c1-2-20(17-31-11-13-38-14-12-31)18-32-24(34)16-30-33(26(32)36)21-7-8-23(28)22(15-21)25(35)29-19-27(37)9-5-3-4-6-10-27/h7-8,15-16,20,37H,2-6,9-14,17-19H2,1H3,(H,29,35). The fraction of sp³-hybridized carbons (Fsp3) is 0.630. The fourth-order valence-electron chi connectivity index (χ4n) is 5.23. The van der Waals surface area contributed by atoms with Crippen molar-refractivity contribution >= 4 is 17.5 Å². The van der Waals surface area contributed by atoms with Crippen LogP contribution in [0.25, 0.3) is 5.69 Å². The molecule has 1 aliphatic carbocycles. The van der Waals surface area contributed by atoms with Crippen LogP contribution in [0.4, 0.5) is 0 Å². The van der Waals surface area contributed by atoms with Crippen molar-refractivity contribution in [1.82, 2.24) is 24.6 Å². The molecule has 0 radical (unpaired) electrons. The van der Waals surface area contributed by atoms with Crippen LogP contribution < -0.4 is 16.6 Å². The van der Waals surface area contributed by atoms with Crippen LogP contribution in [-0.4, -0.2) is 75.3 Å². The Morgan fingerprint density at radius 2 is 1.87 bits per heavy atom. The third kappa shape index (κ3) is 7.11. The predicted octanol–water partition coefficient (Wildman–Crippen LogP) is 2.22. The molecule has 38 heavy (non-hydrogen) atoms. The van der Waals surface area contributed by atoms with Gasteiger partial charge in [-0.05, 0) is 37.0 Å². The fourth-order valence-corrected chi connectivity index (χ4v) is 5.43. The van der Waals surface area contributed by atoms with Crippen LogP contribution in [-0.2, 0) is 11.3 Å². The number of hydrogen-bond donors (Lipinski definition) is 2. The van der Waals surface area contributed by atoms with Crippen LogP contribution in [0.15, 0.2) is 34.0 Å². The predicted molar refractivity (Wildman–Crippen MR) is 145 cm³/mol. The van der Waals surface area contributed by atoms with E-state index in [1.165, 1.54) is 16.7 Å². The lowest BCUT2D eigenvalue weighted by Crippen LogP contribution is -2.45. The van der Waals surface area contributed by atoms with E-state index in [2.05, 4.69) is 15.3 Å². The number of aromatic nitrogens is 3. The number of hydrogen-bond acceptors (Lipinski definition) is 7. The summed E-state index contributed by atoms with van der Waals surface area (Å²) in [5, 5.41) is 18.0. The summed E-state index contributed by atoms with van der Waals surface area (Å²) in [6.07, 6.45) is 7.25. The van der Waals surface area contributed by atoms with Crippen molar-refractivity contribution in [2.24, 2.45) is 5.92 Å². The zero-order valence-electron chi connectivity index (χ0n) is 22.0. The van der Waals surface area contributed by atoms with Gasteiger partial charge in [0.2, 0.25) is 0 Å². The second-order valence-corrected chi connectivity index (χ2v) is 10.9. The van der Waals surface area contributed by atoms with Crippen LogP contribution in [0.1, 0.15) is 62.2 Å². The zero-order chi connectivity index (χ0) is 27.1. The first-order valence-electron chi connectivity index (χ1n) is 13.6. The van der Waals surface area contributed by atoms with Gasteiger partial charge in [0.25, 0.3) is 11.5 Å². The molecular weight excluding hydrogens is 510 g/mol. The Morgan fingerprint density at radius 1 is 1.16 bits per heavy atom. The maximum absolute atomic E-state index is 13.4. The van der Waals surface area contributed by atoms with Crippen LogP contribution in [0.2, 0.25) is 5.02 Å². The van der Waals surface area contributed by atoms with E-state index in [1.54, 1.807) is 6.07 Å². The van der Waals surface area contributed by atoms with E-state index >= 15 is 0 Å². The van der Waals surface area contributed by atoms with Gasteiger partial charge in [-0.15, -0.1) is 0 Å². The van der Waals surface area contributed by atoms with Crippen molar-refractivity contribution < 1.29 is 14.6 Å². The Bertz CT molecular complexity index is 1220. The van der Waals surface area contributed by atoms with Crippen molar-refractivity contribution in [2.45, 2.75) is 64.0 Å². The molecule has 1 aromatic heterocycles. The molecule has 2 N–H and O–H groups in total. The monoisotopic (exact) mass is 547 g/mol. The minimum Gasteiger partial charge on any atom is -0.388 e. The third-order valence-electron chi connectivity index (χ3n) is 7.65. The average Bonchev–Trinajstić information content (AvgIpc) is 3.15. The number of aliphatic hydroxyl groups is 1. The molecule has 1 amide bonds. The van der Waals surface area contributed by atoms with Crippen LogP contribution in [0, 0.1) is 5.92 Å². The van der Waals surface area contributed by atoms with E-state index < -0.39 is 22.8 Å². The van der Waals surface area contributed by atoms with Gasteiger partial charge in [-0.1, -0.05) is 50.6 Å². The van der Waals surface area contributed by atoms with Gasteiger partial charge in [0.15, 0.2) is 0 Å². The quantitative estimate of drug-likeness (QED) is 0.462. The summed E-state index contributed by atoms with van der Waals surface area (Å²) in [5.74, 6) is -0.330. The van der Waals surface area contributed by atoms with Gasteiger partial charge in [0.05, 0.1) is 35.1 Å². The Morgan fingerprint density at radius 3 is 2.55 bits per heavy atom. The number of ether oxygens (including phenoxy) is 1. The molecule has 2 aromatic rings. The number of amides is 1. The van der Waals surface area contributed by atoms with Gasteiger partial charge < -0.3 is 15.2 Å². The summed E-state index contributed by atoms with van der Waals surface area (Å²) in [6.45, 7) is 6.26. The van der Waals surface area contributed by atoms with E-state index in [4.69, 9.17) is 16.3 Å². The van der Waals surface area contributed by atoms with Crippen molar-refractivity contribution in [1.29, 1.82) is 0 Å². The summed E-state index contributed by atoms with van der Waals surface area (Å²) in [4.78, 5) is 41.3. The largest absolute Gasteiger partial charge is 0.388 e. The number of rotatable bonds is 9. The van der Waals surface area contributed by atoms with Crippen LogP contribution in [0.5, 0.6) is 0 Å². The smallest absolute Gasteiger partial charge is 0.352 e. The van der Waals surface area contributed by atoms with E-state index in [0.29, 0.717) is 31.7 Å². The normalized spacial score (nSPS) is 19.0. The van der Waals surface area contributed by atoms with Gasteiger partial charge in [0, 0.05) is 32.7 Å². The molecule has 1 aromatic carbocycles. The molecule has 0 spiro atoms. The van der Waals surface area contributed by atoms with Gasteiger partial charge >= 0.3 is 5.69 Å². The maximum atomic E-state index is 13.4. The minimum atomic E-state index is -0.929. The molecular formula is C27H38ClN5O5. The van der Waals surface area contributed by atoms with Crippen LogP contribution in [0.3, 0.4) is 0 Å². The number of halogens is 1. The van der Waals surface area contributed by atoms with E-state index in [1.807, 2.05) is 6.92 Å². The topological polar surface area (TPSA) is 119 Å². The summed E-state index contributed by atoms with van der Waals surface area (Å²) in [5.41, 5.74) is -1.46. The first kappa shape index (κ1) is 28.5. The molecule has 4 rings (SSSR count). The van der Waals surface area contributed by atoms with E-state index in [-0.39, 0.29) is 29.6 Å². The van der Waals surface area contributed by atoms with Crippen molar-refractivity contribution in [3.63, 3.8) is 0 Å². The summed E-state index contributed by atoms with van der Waals surface area (Å²) >= 11 is 6.34. The molecule has 10 nitrogen and oxygen atoms in total. The molecule has 2 heterocycles. The molecule has 11 heteroatoms. The molecule has 1 saturated heterocycles. The Labute approximate surface area is 227 Å². The lowest BCUT2D eigenvalue weighted by molar-refractivity contribution is 0.0246. The van der Waals surface area contributed by atoms with E-state index in [0.717, 1.165) is 62.6 Å². The molecule has 1 saturated carbocycles. The summed E-state index contributed by atoms with van der Waals surface area (Å²) in [7, 11) is 0. The molecule has 1 unspecified atom stereocenters. The lowest BCUT2D eigenvalue weighted by atomic mass is 9.94. The van der Waals surface area contributed by atoms with Crippen molar-refractivity contribution in [3.8, 4) is 5.69 Å². The van der Waals surface area contributed by atoms with Crippen LogP contribution >= 0.6 is 11.6 Å². The number of carbonyl (C=O) groups excluding carboxylic acids is 1. The van der Waals surface area contributed by atoms with Gasteiger partial charge in [-0.2, -0.15) is 9.78 Å². The highest BCUT2D eigenvalue weighted by Crippen LogP contribution is 2.27. The Hall–Kier alpha value is -2.53. The minimum absolute atomic E-state index is 0.107. The lowest BCUT2D eigenvalue weighted by Gasteiger charge is -2.30. The molecule has 0 bridgehead atoms. The highest BCUT2D eigenvalue weighted by Gasteiger charge is 2.29. The molecule has 2 fully saturated rings. The van der Waals surface area contributed by atoms with E-state index in [9.17, 15) is 19.5 Å². The number of nitrogens with one attached hydrogen (secondary N) is 1. The van der Waals surface area contributed by atoms with Gasteiger partial charge in [0.1, 0.15) is 6.20 Å². The second-order valence-electron chi connectivity index (χ2n) is 10.5. The molecule has 2 aliphatic rings. The first-order valence-corrected chi connectivity index (χ1v) is 14.0. The Kier molecular flexibility index (Phi) is 9.75. The molecule has 1 aliphatic heterocycles. The highest BCUT2D eigenvalue weighted by molar-refractivity contribution is 6.33. The number of benzene rings is 1. The number of nitrogens with zero attached hydrogens (tertiary/aromatic N) is 4. The van der Waals surface area contributed by atoms with Gasteiger partial charge in [-0.25, -0.2) is 4.79 Å². The first-order chi connectivity index (χ1) is 18.3. The zero-order valence-corrected chi connectivity index (χ0v) is 22.8. The molecule has 208 valence electrons. The molecule has 1 atom stereocenters. The SMILES string of the molecule is CCC(CN1CCOCC1)Cn1c(=O)cnn(-c2ccc(Cl)c(C(=O)NCC3(O)CCCCCC3)c2)c1=O. The number of morpholine rings is 1. The summed E-state index contributed by atoms with van der Waals surface area (Å²) < 4.78 is 7.74. The van der Waals surface area contributed by atoms with Gasteiger partial charge in [-0.3, -0.25) is 19.1 Å². The highest BCUT2D eigenvalue weighted by atomic mass is 35.5. The Balaban J connectivity index is 1.53. The van der Waals surface area contributed by atoms with Crippen molar-refractivity contribution in [3.05, 3.63) is 55.8 Å². The second kappa shape index (κ2) is 13.0. The summed E-state index contributed by atoms with van der Waals surface area (Å²) in [6, 6.07) is 4.61. The van der Waals surface area contributed by atoms with Crippen molar-refractivity contribution in [2.75, 3.05) is 39.4 Å².